The van der Waals surface area contributed by atoms with Gasteiger partial charge >= 0.3 is 0 Å². The quantitative estimate of drug-likeness (QED) is 0.877. The van der Waals surface area contributed by atoms with Gasteiger partial charge in [0.25, 0.3) is 5.91 Å². The number of hydrogen-bond acceptors (Lipinski definition) is 4. The fraction of sp³-hybridized carbons (Fsp3) is 0.500. The summed E-state index contributed by atoms with van der Waals surface area (Å²) in [6, 6.07) is 6.04. The van der Waals surface area contributed by atoms with E-state index in [1.54, 1.807) is 26.2 Å². The summed E-state index contributed by atoms with van der Waals surface area (Å²) in [5.74, 6) is -0.144. The van der Waals surface area contributed by atoms with E-state index in [2.05, 4.69) is 5.32 Å². The Morgan fingerprint density at radius 1 is 1.27 bits per heavy atom. The molecular formula is C14H22ClN3O3S. The Morgan fingerprint density at radius 3 is 2.36 bits per heavy atom. The van der Waals surface area contributed by atoms with E-state index in [1.807, 2.05) is 6.92 Å². The smallest absolute Gasteiger partial charge is 0.253 e. The molecule has 0 bridgehead atoms. The predicted octanol–water partition coefficient (Wildman–Crippen LogP) is 0.793. The number of halogens is 1. The van der Waals surface area contributed by atoms with Crippen LogP contribution in [0.2, 0.25) is 0 Å². The number of sulfonamides is 1. The van der Waals surface area contributed by atoms with Gasteiger partial charge in [0.2, 0.25) is 10.0 Å². The van der Waals surface area contributed by atoms with Crippen LogP contribution >= 0.6 is 12.4 Å². The zero-order chi connectivity index (χ0) is 15.6. The van der Waals surface area contributed by atoms with Crippen LogP contribution < -0.4 is 5.32 Å². The number of nitrogens with zero attached hydrogens (tertiary/aromatic N) is 2. The van der Waals surface area contributed by atoms with Gasteiger partial charge in [0, 0.05) is 45.3 Å². The number of rotatable bonds is 3. The van der Waals surface area contributed by atoms with Crippen molar-refractivity contribution in [2.75, 3.05) is 33.7 Å². The van der Waals surface area contributed by atoms with Crippen LogP contribution in [0.4, 0.5) is 0 Å². The first-order chi connectivity index (χ1) is 9.84. The van der Waals surface area contributed by atoms with Crippen molar-refractivity contribution in [1.29, 1.82) is 0 Å². The highest BCUT2D eigenvalue weighted by Crippen LogP contribution is 2.20. The van der Waals surface area contributed by atoms with Crippen LogP contribution in [0.25, 0.3) is 0 Å². The highest BCUT2D eigenvalue weighted by atomic mass is 35.5. The zero-order valence-electron chi connectivity index (χ0n) is 12.9. The maximum absolute atomic E-state index is 12.6. The molecule has 0 spiro atoms. The molecule has 1 unspecified atom stereocenters. The maximum Gasteiger partial charge on any atom is 0.253 e. The molecular weight excluding hydrogens is 326 g/mol. The summed E-state index contributed by atoms with van der Waals surface area (Å²) >= 11 is 0. The van der Waals surface area contributed by atoms with Crippen LogP contribution in [-0.4, -0.2) is 63.3 Å². The van der Waals surface area contributed by atoms with Gasteiger partial charge in [-0.25, -0.2) is 8.42 Å². The third-order valence-electron chi connectivity index (χ3n) is 3.55. The highest BCUT2D eigenvalue weighted by molar-refractivity contribution is 7.89. The summed E-state index contributed by atoms with van der Waals surface area (Å²) in [6.45, 7) is 3.65. The van der Waals surface area contributed by atoms with Gasteiger partial charge in [-0.2, -0.15) is 4.31 Å². The number of piperazine rings is 1. The standard InChI is InChI=1S/C14H21N3O3S.ClH/c1-11-10-15-8-9-17(11)21(19,20)13-6-4-12(5-7-13)14(18)16(2)3;/h4-7,11,15H,8-10H2,1-3H3;1H. The first-order valence-electron chi connectivity index (χ1n) is 6.88. The van der Waals surface area contributed by atoms with E-state index in [9.17, 15) is 13.2 Å². The summed E-state index contributed by atoms with van der Waals surface area (Å²) in [6.07, 6.45) is 0. The molecule has 1 saturated heterocycles. The summed E-state index contributed by atoms with van der Waals surface area (Å²) in [4.78, 5) is 13.5. The fourth-order valence-electron chi connectivity index (χ4n) is 2.34. The molecule has 1 aromatic rings. The van der Waals surface area contributed by atoms with Gasteiger partial charge in [-0.1, -0.05) is 0 Å². The monoisotopic (exact) mass is 347 g/mol. The van der Waals surface area contributed by atoms with Crippen LogP contribution in [0.1, 0.15) is 17.3 Å². The van der Waals surface area contributed by atoms with E-state index in [1.165, 1.54) is 21.3 Å². The van der Waals surface area contributed by atoms with E-state index in [-0.39, 0.29) is 29.3 Å². The van der Waals surface area contributed by atoms with Crippen molar-refractivity contribution < 1.29 is 13.2 Å². The summed E-state index contributed by atoms with van der Waals surface area (Å²) < 4.78 is 26.7. The molecule has 1 N–H and O–H groups in total. The molecule has 1 aliphatic rings. The lowest BCUT2D eigenvalue weighted by Crippen LogP contribution is -2.52. The molecule has 1 aliphatic heterocycles. The summed E-state index contributed by atoms with van der Waals surface area (Å²) in [7, 11) is -0.181. The van der Waals surface area contributed by atoms with Gasteiger partial charge in [-0.3, -0.25) is 4.79 Å². The van der Waals surface area contributed by atoms with Crippen molar-refractivity contribution in [3.8, 4) is 0 Å². The normalized spacial score (nSPS) is 19.3. The molecule has 1 atom stereocenters. The molecule has 0 aliphatic carbocycles. The Morgan fingerprint density at radius 2 is 1.86 bits per heavy atom. The molecule has 1 fully saturated rings. The number of nitrogens with one attached hydrogen (secondary N) is 1. The van der Waals surface area contributed by atoms with Crippen molar-refractivity contribution in [1.82, 2.24) is 14.5 Å². The Bertz CT molecular complexity index is 617. The van der Waals surface area contributed by atoms with Crippen LogP contribution in [0, 0.1) is 0 Å². The lowest BCUT2D eigenvalue weighted by atomic mass is 10.2. The summed E-state index contributed by atoms with van der Waals surface area (Å²) in [5, 5.41) is 3.17. The molecule has 1 amide bonds. The van der Waals surface area contributed by atoms with E-state index in [4.69, 9.17) is 0 Å². The molecule has 0 aromatic heterocycles. The molecule has 6 nitrogen and oxygen atoms in total. The van der Waals surface area contributed by atoms with E-state index in [0.29, 0.717) is 25.2 Å². The predicted molar refractivity (Wildman–Crippen MR) is 87.9 cm³/mol. The Hall–Kier alpha value is -1.15. The van der Waals surface area contributed by atoms with Gasteiger partial charge in [0.1, 0.15) is 0 Å². The Balaban J connectivity index is 0.00000242. The van der Waals surface area contributed by atoms with Gasteiger partial charge in [-0.15, -0.1) is 12.4 Å². The topological polar surface area (TPSA) is 69.7 Å². The molecule has 2 rings (SSSR count). The van der Waals surface area contributed by atoms with Crippen LogP contribution in [0.5, 0.6) is 0 Å². The van der Waals surface area contributed by atoms with Gasteiger partial charge < -0.3 is 10.2 Å². The van der Waals surface area contributed by atoms with Gasteiger partial charge in [0.15, 0.2) is 0 Å². The minimum Gasteiger partial charge on any atom is -0.345 e. The average molecular weight is 348 g/mol. The van der Waals surface area contributed by atoms with E-state index in [0.717, 1.165) is 0 Å². The second kappa shape index (κ2) is 7.41. The first-order valence-corrected chi connectivity index (χ1v) is 8.32. The summed E-state index contributed by atoms with van der Waals surface area (Å²) in [5.41, 5.74) is 0.479. The van der Waals surface area contributed by atoms with Crippen LogP contribution in [0.3, 0.4) is 0 Å². The molecule has 22 heavy (non-hydrogen) atoms. The third kappa shape index (κ3) is 3.78. The number of amides is 1. The second-order valence-electron chi connectivity index (χ2n) is 5.39. The van der Waals surface area contributed by atoms with Crippen LogP contribution in [0.15, 0.2) is 29.2 Å². The lowest BCUT2D eigenvalue weighted by Gasteiger charge is -2.32. The van der Waals surface area contributed by atoms with Gasteiger partial charge in [-0.05, 0) is 31.2 Å². The van der Waals surface area contributed by atoms with Crippen molar-refractivity contribution in [2.24, 2.45) is 0 Å². The SMILES string of the molecule is CC1CNCCN1S(=O)(=O)c1ccc(C(=O)N(C)C)cc1.Cl. The van der Waals surface area contributed by atoms with Crippen LogP contribution in [-0.2, 0) is 10.0 Å². The zero-order valence-corrected chi connectivity index (χ0v) is 14.6. The lowest BCUT2D eigenvalue weighted by molar-refractivity contribution is 0.0827. The molecule has 124 valence electrons. The molecule has 8 heteroatoms. The molecule has 1 heterocycles. The average Bonchev–Trinajstić information content (AvgIpc) is 2.46. The number of carbonyl (C=O) groups excluding carboxylic acids is 1. The van der Waals surface area contributed by atoms with Crippen molar-refractivity contribution in [2.45, 2.75) is 17.9 Å². The van der Waals surface area contributed by atoms with Crippen molar-refractivity contribution in [3.63, 3.8) is 0 Å². The second-order valence-corrected chi connectivity index (χ2v) is 7.28. The number of carbonyl (C=O) groups is 1. The van der Waals surface area contributed by atoms with E-state index < -0.39 is 10.0 Å². The van der Waals surface area contributed by atoms with Crippen molar-refractivity contribution in [3.05, 3.63) is 29.8 Å². The number of hydrogen-bond donors (Lipinski definition) is 1. The minimum atomic E-state index is -3.51. The molecule has 0 saturated carbocycles. The minimum absolute atomic E-state index is 0. The fourth-order valence-corrected chi connectivity index (χ4v) is 3.97. The Kier molecular flexibility index (Phi) is 6.37. The van der Waals surface area contributed by atoms with E-state index >= 15 is 0 Å². The largest absolute Gasteiger partial charge is 0.345 e. The maximum atomic E-state index is 12.6. The number of benzene rings is 1. The molecule has 0 radical (unpaired) electrons. The highest BCUT2D eigenvalue weighted by Gasteiger charge is 2.30. The molecule has 1 aromatic carbocycles. The third-order valence-corrected chi connectivity index (χ3v) is 5.58. The Labute approximate surface area is 137 Å². The first kappa shape index (κ1) is 18.9. The van der Waals surface area contributed by atoms with Gasteiger partial charge in [0.05, 0.1) is 4.90 Å². The van der Waals surface area contributed by atoms with Crippen molar-refractivity contribution >= 4 is 28.3 Å².